The highest BCUT2D eigenvalue weighted by atomic mass is 35.5. The van der Waals surface area contributed by atoms with Crippen LogP contribution in [-0.2, 0) is 17.4 Å². The molecule has 0 atom stereocenters. The molecule has 36 heavy (non-hydrogen) atoms. The number of hydrogen-bond acceptors (Lipinski definition) is 5. The van der Waals surface area contributed by atoms with Crippen molar-refractivity contribution in [3.8, 4) is 23.0 Å². The molecular weight excluding hydrogens is 497 g/mol. The Morgan fingerprint density at radius 1 is 1.08 bits per heavy atom. The molecule has 0 aliphatic carbocycles. The first kappa shape index (κ1) is 24.9. The molecule has 184 valence electrons. The second-order valence-corrected chi connectivity index (χ2v) is 8.08. The number of nitrogens with zero attached hydrogens (tertiary/aromatic N) is 2. The van der Waals surface area contributed by atoms with Crippen molar-refractivity contribution >= 4 is 29.5 Å². The number of rotatable bonds is 8. The lowest BCUT2D eigenvalue weighted by atomic mass is 10.1. The molecule has 0 unspecified atom stereocenters. The van der Waals surface area contributed by atoms with Gasteiger partial charge in [0.15, 0.2) is 12.1 Å². The van der Waals surface area contributed by atoms with Gasteiger partial charge in [-0.1, -0.05) is 23.7 Å². The van der Waals surface area contributed by atoms with Crippen molar-refractivity contribution in [1.82, 2.24) is 15.0 Å². The third kappa shape index (κ3) is 6.28. The highest BCUT2D eigenvalue weighted by Gasteiger charge is 2.33. The topological polar surface area (TPSA) is 97.0 Å². The minimum Gasteiger partial charge on any atom is -0.457 e. The second-order valence-electron chi connectivity index (χ2n) is 7.67. The number of H-pyrrole nitrogens is 1. The molecular formula is C25H18ClF3N4O3. The predicted molar refractivity (Wildman–Crippen MR) is 127 cm³/mol. The Morgan fingerprint density at radius 2 is 1.89 bits per heavy atom. The molecule has 1 amide bonds. The first-order valence-electron chi connectivity index (χ1n) is 10.6. The quantitative estimate of drug-likeness (QED) is 0.268. The van der Waals surface area contributed by atoms with E-state index in [9.17, 15) is 22.8 Å². The Kier molecular flexibility index (Phi) is 7.35. The number of alkyl halides is 3. The van der Waals surface area contributed by atoms with Gasteiger partial charge < -0.3 is 15.0 Å². The van der Waals surface area contributed by atoms with E-state index in [0.29, 0.717) is 41.4 Å². The van der Waals surface area contributed by atoms with Crippen LogP contribution in [0.15, 0.2) is 67.0 Å². The smallest absolute Gasteiger partial charge is 0.417 e. The summed E-state index contributed by atoms with van der Waals surface area (Å²) in [5.74, 6) is 0.988. The van der Waals surface area contributed by atoms with Gasteiger partial charge in [-0.3, -0.25) is 14.6 Å². The van der Waals surface area contributed by atoms with Gasteiger partial charge in [-0.2, -0.15) is 13.2 Å². The molecule has 4 aromatic rings. The second kappa shape index (κ2) is 10.6. The number of aromatic amines is 1. The van der Waals surface area contributed by atoms with Crippen LogP contribution in [-0.4, -0.2) is 27.1 Å². The molecule has 0 saturated heterocycles. The molecule has 0 fully saturated rings. The van der Waals surface area contributed by atoms with Gasteiger partial charge in [-0.15, -0.1) is 0 Å². The van der Waals surface area contributed by atoms with E-state index in [-0.39, 0.29) is 12.1 Å². The van der Waals surface area contributed by atoms with Crippen molar-refractivity contribution in [2.45, 2.75) is 19.0 Å². The van der Waals surface area contributed by atoms with Crippen LogP contribution in [0.4, 0.5) is 18.9 Å². The van der Waals surface area contributed by atoms with Crippen LogP contribution in [0, 0.1) is 0 Å². The summed E-state index contributed by atoms with van der Waals surface area (Å²) in [6.45, 7) is 0. The summed E-state index contributed by atoms with van der Waals surface area (Å²) < 4.78 is 45.0. The Hall–Kier alpha value is -4.18. The number of imidazole rings is 1. The SMILES string of the molecule is O=Cc1cnc(-c2cc(Oc3cccc(CCC(=O)Nc4ccc(Cl)c(C(F)(F)F)c4)c3)ccn2)[nH]1. The van der Waals surface area contributed by atoms with Crippen LogP contribution in [0.1, 0.15) is 28.0 Å². The average molecular weight is 515 g/mol. The third-order valence-electron chi connectivity index (χ3n) is 5.03. The Bertz CT molecular complexity index is 1410. The van der Waals surface area contributed by atoms with E-state index in [1.54, 1.807) is 36.5 Å². The molecule has 2 heterocycles. The van der Waals surface area contributed by atoms with E-state index >= 15 is 0 Å². The van der Waals surface area contributed by atoms with E-state index in [1.807, 2.05) is 6.07 Å². The Labute approximate surface area is 208 Å². The van der Waals surface area contributed by atoms with Gasteiger partial charge in [0.2, 0.25) is 5.91 Å². The van der Waals surface area contributed by atoms with Gasteiger partial charge in [-0.25, -0.2) is 4.98 Å². The predicted octanol–water partition coefficient (Wildman–Crippen LogP) is 6.32. The molecule has 2 aromatic heterocycles. The van der Waals surface area contributed by atoms with Gasteiger partial charge >= 0.3 is 6.18 Å². The zero-order valence-electron chi connectivity index (χ0n) is 18.5. The lowest BCUT2D eigenvalue weighted by Crippen LogP contribution is -2.14. The van der Waals surface area contributed by atoms with E-state index < -0.39 is 22.7 Å². The number of aldehydes is 1. The van der Waals surface area contributed by atoms with Gasteiger partial charge in [0.05, 0.1) is 22.5 Å². The zero-order valence-corrected chi connectivity index (χ0v) is 19.2. The van der Waals surface area contributed by atoms with Crippen LogP contribution >= 0.6 is 11.6 Å². The Balaban J connectivity index is 1.38. The number of hydrogen-bond donors (Lipinski definition) is 2. The molecule has 2 aromatic carbocycles. The molecule has 0 spiro atoms. The highest BCUT2D eigenvalue weighted by molar-refractivity contribution is 6.31. The first-order valence-corrected chi connectivity index (χ1v) is 11.0. The molecule has 2 N–H and O–H groups in total. The maximum absolute atomic E-state index is 13.0. The molecule has 0 saturated carbocycles. The monoisotopic (exact) mass is 514 g/mol. The minimum atomic E-state index is -4.62. The fourth-order valence-electron chi connectivity index (χ4n) is 3.33. The molecule has 0 radical (unpaired) electrons. The van der Waals surface area contributed by atoms with E-state index in [0.717, 1.165) is 17.7 Å². The van der Waals surface area contributed by atoms with Crippen LogP contribution in [0.5, 0.6) is 11.5 Å². The molecule has 4 rings (SSSR count). The molecule has 0 bridgehead atoms. The summed E-state index contributed by atoms with van der Waals surface area (Å²) in [5.41, 5.74) is 0.614. The maximum atomic E-state index is 13.0. The van der Waals surface area contributed by atoms with Gasteiger partial charge in [0.25, 0.3) is 0 Å². The van der Waals surface area contributed by atoms with Crippen molar-refractivity contribution in [2.75, 3.05) is 5.32 Å². The number of nitrogens with one attached hydrogen (secondary N) is 2. The summed E-state index contributed by atoms with van der Waals surface area (Å²) in [7, 11) is 0. The van der Waals surface area contributed by atoms with Gasteiger partial charge in [0, 0.05) is 24.4 Å². The van der Waals surface area contributed by atoms with E-state index in [2.05, 4.69) is 20.3 Å². The summed E-state index contributed by atoms with van der Waals surface area (Å²) in [4.78, 5) is 34.3. The molecule has 0 aliphatic rings. The number of carbonyl (C=O) groups excluding carboxylic acids is 2. The molecule has 0 aliphatic heterocycles. The third-order valence-corrected chi connectivity index (χ3v) is 5.36. The summed E-state index contributed by atoms with van der Waals surface area (Å²) in [5, 5.41) is 2.03. The fraction of sp³-hybridized carbons (Fsp3) is 0.120. The highest BCUT2D eigenvalue weighted by Crippen LogP contribution is 2.36. The van der Waals surface area contributed by atoms with Crippen molar-refractivity contribution in [2.24, 2.45) is 0 Å². The lowest BCUT2D eigenvalue weighted by molar-refractivity contribution is -0.137. The number of amides is 1. The van der Waals surface area contributed by atoms with Crippen molar-refractivity contribution in [3.05, 3.63) is 88.8 Å². The summed E-state index contributed by atoms with van der Waals surface area (Å²) in [6, 6.07) is 13.6. The number of carbonyl (C=O) groups is 2. The largest absolute Gasteiger partial charge is 0.457 e. The lowest BCUT2D eigenvalue weighted by Gasteiger charge is -2.12. The number of aromatic nitrogens is 3. The van der Waals surface area contributed by atoms with Crippen LogP contribution in [0.25, 0.3) is 11.5 Å². The standard InChI is InChI=1S/C25H18ClF3N4O3/c26-21-6-5-16(11-20(21)25(27,28)29)32-23(35)7-4-15-2-1-3-18(10-15)36-19-8-9-30-22(12-19)24-31-13-17(14-34)33-24/h1-3,5-6,8-14H,4,7H2,(H,31,33)(H,32,35). The summed E-state index contributed by atoms with van der Waals surface area (Å²) >= 11 is 5.61. The van der Waals surface area contributed by atoms with Crippen molar-refractivity contribution < 1.29 is 27.5 Å². The first-order chi connectivity index (χ1) is 17.2. The van der Waals surface area contributed by atoms with Crippen molar-refractivity contribution in [3.63, 3.8) is 0 Å². The van der Waals surface area contributed by atoms with E-state index in [1.165, 1.54) is 12.3 Å². The zero-order chi connectivity index (χ0) is 25.7. The number of pyridine rings is 1. The number of benzene rings is 2. The normalized spacial score (nSPS) is 11.2. The molecule has 7 nitrogen and oxygen atoms in total. The molecule has 11 heteroatoms. The Morgan fingerprint density at radius 3 is 2.64 bits per heavy atom. The van der Waals surface area contributed by atoms with Crippen LogP contribution in [0.3, 0.4) is 0 Å². The summed E-state index contributed by atoms with van der Waals surface area (Å²) in [6.07, 6.45) is -0.639. The van der Waals surface area contributed by atoms with E-state index in [4.69, 9.17) is 16.3 Å². The number of aryl methyl sites for hydroxylation is 1. The minimum absolute atomic E-state index is 0.0131. The fourth-order valence-corrected chi connectivity index (χ4v) is 3.56. The number of ether oxygens (including phenoxy) is 1. The maximum Gasteiger partial charge on any atom is 0.417 e. The van der Waals surface area contributed by atoms with Crippen LogP contribution in [0.2, 0.25) is 5.02 Å². The van der Waals surface area contributed by atoms with Crippen molar-refractivity contribution in [1.29, 1.82) is 0 Å². The van der Waals surface area contributed by atoms with Crippen LogP contribution < -0.4 is 10.1 Å². The van der Waals surface area contributed by atoms with Gasteiger partial charge in [-0.05, 0) is 48.4 Å². The average Bonchev–Trinajstić information content (AvgIpc) is 3.33. The van der Waals surface area contributed by atoms with Gasteiger partial charge in [0.1, 0.15) is 17.2 Å². The number of halogens is 4. The number of anilines is 1.